The summed E-state index contributed by atoms with van der Waals surface area (Å²) in [5, 5.41) is 0. The smallest absolute Gasteiger partial charge is 0.187 e. The molecular weight excluding hydrogens is 296 g/mol. The van der Waals surface area contributed by atoms with Gasteiger partial charge in [-0.25, -0.2) is 0 Å². The summed E-state index contributed by atoms with van der Waals surface area (Å²) >= 11 is 0. The molecular formula is C21H24N2O. The summed E-state index contributed by atoms with van der Waals surface area (Å²) in [7, 11) is 4.03. The summed E-state index contributed by atoms with van der Waals surface area (Å²) in [6, 6.07) is 10.2. The van der Waals surface area contributed by atoms with E-state index in [1.54, 1.807) is 6.08 Å². The van der Waals surface area contributed by atoms with Gasteiger partial charge in [0.05, 0.1) is 0 Å². The average Bonchev–Trinajstić information content (AvgIpc) is 2.59. The molecule has 0 fully saturated rings. The van der Waals surface area contributed by atoms with Crippen molar-refractivity contribution < 1.29 is 4.79 Å². The van der Waals surface area contributed by atoms with Crippen LogP contribution in [0.4, 0.5) is 5.69 Å². The van der Waals surface area contributed by atoms with Crippen LogP contribution in [0.15, 0.2) is 36.4 Å². The van der Waals surface area contributed by atoms with Crippen LogP contribution in [0.1, 0.15) is 45.7 Å². The van der Waals surface area contributed by atoms with Gasteiger partial charge in [-0.2, -0.15) is 0 Å². The van der Waals surface area contributed by atoms with E-state index in [1.165, 1.54) is 24.1 Å². The number of carbonyl (C=O) groups excluding carboxylic acids is 1. The highest BCUT2D eigenvalue weighted by Crippen LogP contribution is 2.22. The van der Waals surface area contributed by atoms with Gasteiger partial charge in [0.2, 0.25) is 0 Å². The molecule has 124 valence electrons. The molecule has 0 saturated heterocycles. The molecule has 24 heavy (non-hydrogen) atoms. The van der Waals surface area contributed by atoms with Crippen molar-refractivity contribution in [3.63, 3.8) is 0 Å². The summed E-state index contributed by atoms with van der Waals surface area (Å²) < 4.78 is 0. The van der Waals surface area contributed by atoms with Gasteiger partial charge in [-0.1, -0.05) is 18.2 Å². The number of hydrogen-bond donors (Lipinski definition) is 0. The lowest BCUT2D eigenvalue weighted by Gasteiger charge is -2.16. The highest BCUT2D eigenvalue weighted by Gasteiger charge is 2.15. The number of nitrogens with zero attached hydrogens (tertiary/aromatic N) is 2. The summed E-state index contributed by atoms with van der Waals surface area (Å²) in [5.41, 5.74) is 6.17. The second kappa shape index (κ2) is 7.00. The number of pyridine rings is 1. The molecule has 0 bridgehead atoms. The van der Waals surface area contributed by atoms with Crippen molar-refractivity contribution in [3.05, 3.63) is 64.5 Å². The van der Waals surface area contributed by atoms with Crippen LogP contribution < -0.4 is 4.90 Å². The topological polar surface area (TPSA) is 33.2 Å². The van der Waals surface area contributed by atoms with Gasteiger partial charge >= 0.3 is 0 Å². The molecule has 0 aliphatic heterocycles. The maximum absolute atomic E-state index is 12.6. The van der Waals surface area contributed by atoms with Crippen molar-refractivity contribution in [2.24, 2.45) is 0 Å². The summed E-state index contributed by atoms with van der Waals surface area (Å²) in [6.45, 7) is 1.93. The fraction of sp³-hybridized carbons (Fsp3) is 0.333. The zero-order valence-corrected chi connectivity index (χ0v) is 14.7. The Morgan fingerprint density at radius 1 is 1.12 bits per heavy atom. The van der Waals surface area contributed by atoms with E-state index in [4.69, 9.17) is 0 Å². The quantitative estimate of drug-likeness (QED) is 0.624. The largest absolute Gasteiger partial charge is 0.378 e. The maximum Gasteiger partial charge on any atom is 0.187 e. The maximum atomic E-state index is 12.6. The minimum Gasteiger partial charge on any atom is -0.378 e. The lowest BCUT2D eigenvalue weighted by atomic mass is 9.93. The number of hydrogen-bond acceptors (Lipinski definition) is 3. The summed E-state index contributed by atoms with van der Waals surface area (Å²) in [5.74, 6) is 0.0325. The number of anilines is 1. The Kier molecular flexibility index (Phi) is 4.79. The number of aryl methyl sites for hydroxylation is 3. The predicted molar refractivity (Wildman–Crippen MR) is 99.7 cm³/mol. The molecule has 1 aliphatic rings. The van der Waals surface area contributed by atoms with E-state index in [0.29, 0.717) is 0 Å². The molecule has 0 spiro atoms. The van der Waals surface area contributed by atoms with Crippen molar-refractivity contribution in [3.8, 4) is 0 Å². The van der Waals surface area contributed by atoms with Crippen molar-refractivity contribution in [2.45, 2.75) is 32.6 Å². The minimum atomic E-state index is 0.0325. The highest BCUT2D eigenvalue weighted by molar-refractivity contribution is 6.07. The standard InChI is InChI=1S/C21H24N2O/c1-15-19(14-17-6-4-5-7-20(17)22-15)21(24)13-10-16-8-11-18(12-9-16)23(2)3/h8-14H,4-7H2,1-3H3. The molecule has 1 aromatic carbocycles. The number of carbonyl (C=O) groups is 1. The van der Waals surface area contributed by atoms with E-state index < -0.39 is 0 Å². The molecule has 0 saturated carbocycles. The first-order valence-corrected chi connectivity index (χ1v) is 8.54. The Morgan fingerprint density at radius 3 is 2.54 bits per heavy atom. The molecule has 0 amide bonds. The van der Waals surface area contributed by atoms with Crippen molar-refractivity contribution in [1.29, 1.82) is 0 Å². The zero-order valence-electron chi connectivity index (χ0n) is 14.7. The van der Waals surface area contributed by atoms with E-state index in [9.17, 15) is 4.79 Å². The molecule has 0 radical (unpaired) electrons. The van der Waals surface area contributed by atoms with Gasteiger partial charge in [0.1, 0.15) is 0 Å². The first-order chi connectivity index (χ1) is 11.5. The number of benzene rings is 1. The van der Waals surface area contributed by atoms with E-state index in [1.807, 2.05) is 39.2 Å². The third-order valence-electron chi connectivity index (χ3n) is 4.59. The molecule has 0 unspecified atom stereocenters. The van der Waals surface area contributed by atoms with Crippen molar-refractivity contribution in [2.75, 3.05) is 19.0 Å². The lowest BCUT2D eigenvalue weighted by Crippen LogP contribution is -2.10. The normalized spacial score (nSPS) is 13.8. The second-order valence-electron chi connectivity index (χ2n) is 6.62. The van der Waals surface area contributed by atoms with Crippen LogP contribution in [-0.4, -0.2) is 24.9 Å². The first-order valence-electron chi connectivity index (χ1n) is 8.54. The van der Waals surface area contributed by atoms with E-state index in [2.05, 4.69) is 28.1 Å². The number of allylic oxidation sites excluding steroid dienone is 1. The van der Waals surface area contributed by atoms with Crippen LogP contribution in [0.5, 0.6) is 0 Å². The van der Waals surface area contributed by atoms with Crippen molar-refractivity contribution in [1.82, 2.24) is 4.98 Å². The fourth-order valence-corrected chi connectivity index (χ4v) is 3.13. The van der Waals surface area contributed by atoms with Gasteiger partial charge < -0.3 is 4.90 Å². The number of fused-ring (bicyclic) bond motifs is 1. The average molecular weight is 320 g/mol. The van der Waals surface area contributed by atoms with Gasteiger partial charge in [-0.3, -0.25) is 9.78 Å². The van der Waals surface area contributed by atoms with Gasteiger partial charge in [0.15, 0.2) is 5.78 Å². The molecule has 2 aromatic rings. The summed E-state index contributed by atoms with van der Waals surface area (Å²) in [4.78, 5) is 19.3. The second-order valence-corrected chi connectivity index (χ2v) is 6.62. The van der Waals surface area contributed by atoms with Crippen molar-refractivity contribution >= 4 is 17.5 Å². The Bertz CT molecular complexity index is 773. The highest BCUT2D eigenvalue weighted by atomic mass is 16.1. The van der Waals surface area contributed by atoms with E-state index >= 15 is 0 Å². The molecule has 3 nitrogen and oxygen atoms in total. The van der Waals surface area contributed by atoms with Gasteiger partial charge in [0, 0.05) is 36.7 Å². The van der Waals surface area contributed by atoms with Gasteiger partial charge in [-0.15, -0.1) is 0 Å². The Morgan fingerprint density at radius 2 is 1.83 bits per heavy atom. The molecule has 1 aromatic heterocycles. The van der Waals surface area contributed by atoms with Crippen LogP contribution in [0, 0.1) is 6.92 Å². The van der Waals surface area contributed by atoms with Crippen LogP contribution in [0.25, 0.3) is 6.08 Å². The third kappa shape index (κ3) is 3.56. The van der Waals surface area contributed by atoms with Crippen LogP contribution in [0.3, 0.4) is 0 Å². The minimum absolute atomic E-state index is 0.0325. The number of ketones is 1. The van der Waals surface area contributed by atoms with Crippen LogP contribution >= 0.6 is 0 Å². The predicted octanol–water partition coefficient (Wildman–Crippen LogP) is 4.23. The summed E-state index contributed by atoms with van der Waals surface area (Å²) in [6.07, 6.45) is 8.01. The van der Waals surface area contributed by atoms with Gasteiger partial charge in [-0.05, 0) is 68.0 Å². The molecule has 1 heterocycles. The first kappa shape index (κ1) is 16.4. The molecule has 0 atom stereocenters. The Hall–Kier alpha value is -2.42. The van der Waals surface area contributed by atoms with E-state index in [-0.39, 0.29) is 5.78 Å². The monoisotopic (exact) mass is 320 g/mol. The fourth-order valence-electron chi connectivity index (χ4n) is 3.13. The number of aromatic nitrogens is 1. The van der Waals surface area contributed by atoms with Crippen LogP contribution in [-0.2, 0) is 12.8 Å². The SMILES string of the molecule is Cc1nc2c(cc1C(=O)C=Cc1ccc(N(C)C)cc1)CCCC2. The molecule has 0 N–H and O–H groups in total. The Balaban J connectivity index is 1.79. The Labute approximate surface area is 144 Å². The van der Waals surface area contributed by atoms with Crippen LogP contribution in [0.2, 0.25) is 0 Å². The lowest BCUT2D eigenvalue weighted by molar-refractivity contribution is 0.104. The third-order valence-corrected chi connectivity index (χ3v) is 4.59. The molecule has 1 aliphatic carbocycles. The zero-order chi connectivity index (χ0) is 17.1. The molecule has 3 heteroatoms. The molecule has 3 rings (SSSR count). The van der Waals surface area contributed by atoms with E-state index in [0.717, 1.165) is 35.3 Å². The number of rotatable bonds is 4. The van der Waals surface area contributed by atoms with Gasteiger partial charge in [0.25, 0.3) is 0 Å².